The molecule has 11 radical (unpaired) electrons. The number of hydrogen-bond acceptors (Lipinski definition) is 3. The molecule has 0 spiro atoms. The van der Waals surface area contributed by atoms with Crippen molar-refractivity contribution in [2.45, 2.75) is 12.7 Å². The maximum atomic E-state index is 12.5. The minimum atomic E-state index is -4.38. The second kappa shape index (κ2) is 11.6. The molecule has 0 atom stereocenters. The molecule has 153 valence electrons. The number of amides is 1. The molecule has 4 nitrogen and oxygen atoms in total. The van der Waals surface area contributed by atoms with Crippen molar-refractivity contribution in [2.75, 3.05) is 0 Å². The number of nitrogens with one attached hydrogen (secondary N) is 1. The first-order valence-electron chi connectivity index (χ1n) is 8.73. The number of nitrogens with zero attached hydrogens (tertiary/aromatic N) is 1. The van der Waals surface area contributed by atoms with Crippen LogP contribution in [0.1, 0.15) is 11.3 Å². The number of hydrogen-bond donors (Lipinski definition) is 1. The van der Waals surface area contributed by atoms with E-state index in [1.165, 1.54) is 12.1 Å². The molecule has 2 saturated carbocycles. The molecule has 1 heterocycles. The zero-order chi connectivity index (χ0) is 20.7. The molecule has 2 fully saturated rings. The fourth-order valence-electron chi connectivity index (χ4n) is 2.48. The van der Waals surface area contributed by atoms with Crippen LogP contribution in [-0.2, 0) is 34.6 Å². The Hall–Kier alpha value is -1.79. The fourth-order valence-corrected chi connectivity index (χ4v) is 2.48. The number of rotatable bonds is 4. The van der Waals surface area contributed by atoms with E-state index >= 15 is 0 Å². The third kappa shape index (κ3) is 7.17. The van der Waals surface area contributed by atoms with Crippen LogP contribution in [0, 0.1) is 63.7 Å². The molecule has 0 saturated heterocycles. The van der Waals surface area contributed by atoms with Crippen molar-refractivity contribution in [3.63, 3.8) is 0 Å². The zero-order valence-electron chi connectivity index (χ0n) is 15.5. The van der Waals surface area contributed by atoms with Gasteiger partial charge in [-0.3, -0.25) is 4.79 Å². The molecule has 4 rings (SSSR count). The van der Waals surface area contributed by atoms with Gasteiger partial charge in [0.1, 0.15) is 5.69 Å². The maximum absolute atomic E-state index is 12.5. The Morgan fingerprint density at radius 2 is 1.50 bits per heavy atom. The van der Waals surface area contributed by atoms with Crippen molar-refractivity contribution in [3.05, 3.63) is 105 Å². The number of aromatic nitrogens is 1. The average molecular weight is 454 g/mol. The van der Waals surface area contributed by atoms with E-state index in [0.29, 0.717) is 22.9 Å². The van der Waals surface area contributed by atoms with Gasteiger partial charge in [0.05, 0.1) is 18.0 Å². The van der Waals surface area contributed by atoms with Gasteiger partial charge in [0, 0.05) is 11.6 Å². The molecule has 1 amide bonds. The van der Waals surface area contributed by atoms with Crippen molar-refractivity contribution in [1.29, 1.82) is 0 Å². The zero-order valence-corrected chi connectivity index (χ0v) is 16.6. The molecule has 0 aliphatic heterocycles. The number of halogens is 3. The van der Waals surface area contributed by atoms with E-state index < -0.39 is 11.7 Å². The molecule has 8 heteroatoms. The summed E-state index contributed by atoms with van der Waals surface area (Å²) < 4.78 is 42.7. The van der Waals surface area contributed by atoms with E-state index in [-0.39, 0.29) is 29.5 Å². The largest absolute Gasteiger partial charge is 3.00 e. The first kappa shape index (κ1) is 24.5. The predicted octanol–water partition coefficient (Wildman–Crippen LogP) is 4.40. The van der Waals surface area contributed by atoms with Crippen LogP contribution in [0.5, 0.6) is 0 Å². The quantitative estimate of drug-likeness (QED) is 0.698. The topological polar surface area (TPSA) is 55.1 Å². The smallest absolute Gasteiger partial charge is 0.359 e. The van der Waals surface area contributed by atoms with Crippen LogP contribution in [0.3, 0.4) is 0 Å². The molecule has 1 N–H and O–H groups in total. The molecule has 1 aromatic carbocycles. The molecular weight excluding hydrogens is 437 g/mol. The fraction of sp³-hybridized carbons (Fsp3) is 0.0909. The van der Waals surface area contributed by atoms with Crippen LogP contribution < -0.4 is 5.32 Å². The Bertz CT molecular complexity index is 773. The summed E-state index contributed by atoms with van der Waals surface area (Å²) in [5.74, 6) is 0.703. The van der Waals surface area contributed by atoms with Gasteiger partial charge in [-0.15, -0.1) is 0 Å². The van der Waals surface area contributed by atoms with Crippen LogP contribution in [0.2, 0.25) is 0 Å². The summed E-state index contributed by atoms with van der Waals surface area (Å²) in [6, 6.07) is 6.20. The molecule has 2 aliphatic rings. The van der Waals surface area contributed by atoms with Gasteiger partial charge in [-0.2, -0.15) is 13.2 Å². The molecule has 2 aromatic rings. The van der Waals surface area contributed by atoms with Gasteiger partial charge >= 0.3 is 23.2 Å². The average Bonchev–Trinajstić information content (AvgIpc) is 3.49. The molecule has 2 aliphatic carbocycles. The van der Waals surface area contributed by atoms with E-state index in [4.69, 9.17) is 4.52 Å². The van der Waals surface area contributed by atoms with E-state index in [1.54, 1.807) is 31.7 Å². The van der Waals surface area contributed by atoms with Gasteiger partial charge in [-0.25, -0.2) is 0 Å². The number of alkyl halides is 3. The summed E-state index contributed by atoms with van der Waals surface area (Å²) in [6.07, 6.45) is 12.5. The van der Waals surface area contributed by atoms with Gasteiger partial charge in [0.2, 0.25) is 5.91 Å². The second-order valence-corrected chi connectivity index (χ2v) is 6.07. The van der Waals surface area contributed by atoms with Gasteiger partial charge in [-0.1, -0.05) is 17.3 Å². The van der Waals surface area contributed by atoms with E-state index in [1.807, 2.05) is 32.1 Å². The SMILES string of the molecule is O=C(NCc1cc(-c2ccc(C(F)(F)F)cc2)no1)[C]1[CH][CH][CH][CH]1.[CH]1[CH][CH][CH][CH]1.[Fe+3]. The summed E-state index contributed by atoms with van der Waals surface area (Å²) in [7, 11) is 0. The Morgan fingerprint density at radius 1 is 0.933 bits per heavy atom. The predicted molar refractivity (Wildman–Crippen MR) is 101 cm³/mol. The van der Waals surface area contributed by atoms with Crippen LogP contribution in [0.15, 0.2) is 34.9 Å². The summed E-state index contributed by atoms with van der Waals surface area (Å²) in [6.45, 7) is 0.137. The molecule has 0 unspecified atom stereocenters. The van der Waals surface area contributed by atoms with Crippen molar-refractivity contribution in [3.8, 4) is 11.3 Å². The molecule has 1 aromatic heterocycles. The van der Waals surface area contributed by atoms with Crippen LogP contribution in [-0.4, -0.2) is 11.1 Å². The number of carbonyl (C=O) groups is 1. The van der Waals surface area contributed by atoms with Gasteiger partial charge in [0.15, 0.2) is 5.76 Å². The minimum Gasteiger partial charge on any atom is -0.359 e. The first-order chi connectivity index (χ1) is 13.9. The monoisotopic (exact) mass is 454 g/mol. The maximum Gasteiger partial charge on any atom is 3.00 e. The van der Waals surface area contributed by atoms with E-state index in [9.17, 15) is 18.0 Å². The standard InChI is InChI=1S/C17H12F3N2O2.C5H5.Fe/c18-17(19,20)13-7-5-11(6-8-13)15-9-14(24-22-15)10-21-16(23)12-3-1-2-4-12;1-2-4-5-3-1;/h1-9H,10H2,(H,21,23);1-5H;/q;;+3. The summed E-state index contributed by atoms with van der Waals surface area (Å²) in [5, 5.41) is 6.49. The van der Waals surface area contributed by atoms with Crippen LogP contribution in [0.25, 0.3) is 11.3 Å². The summed E-state index contributed by atoms with van der Waals surface area (Å²) in [4.78, 5) is 11.8. The van der Waals surface area contributed by atoms with E-state index in [2.05, 4.69) is 10.5 Å². The minimum absolute atomic E-state index is 0. The summed E-state index contributed by atoms with van der Waals surface area (Å²) >= 11 is 0. The molecular formula is C22H17F3FeN2O2+3. The van der Waals surface area contributed by atoms with Crippen molar-refractivity contribution in [2.24, 2.45) is 0 Å². The van der Waals surface area contributed by atoms with E-state index in [0.717, 1.165) is 12.1 Å². The van der Waals surface area contributed by atoms with Crippen molar-refractivity contribution < 1.29 is 39.6 Å². The van der Waals surface area contributed by atoms with Crippen LogP contribution in [0.4, 0.5) is 13.2 Å². The van der Waals surface area contributed by atoms with Crippen molar-refractivity contribution >= 4 is 5.91 Å². The molecule has 30 heavy (non-hydrogen) atoms. The van der Waals surface area contributed by atoms with Crippen molar-refractivity contribution in [1.82, 2.24) is 10.5 Å². The summed E-state index contributed by atoms with van der Waals surface area (Å²) in [5.41, 5.74) is 0.179. The first-order valence-corrected chi connectivity index (χ1v) is 8.73. The number of carbonyl (C=O) groups excluding carboxylic acids is 1. The Labute approximate surface area is 185 Å². The molecule has 0 bridgehead atoms. The normalized spacial score (nSPS) is 16.5. The third-order valence-electron chi connectivity index (χ3n) is 3.97. The number of benzene rings is 1. The van der Waals surface area contributed by atoms with Crippen LogP contribution >= 0.6 is 0 Å². The third-order valence-corrected chi connectivity index (χ3v) is 3.97. The van der Waals surface area contributed by atoms with Gasteiger partial charge in [0.25, 0.3) is 0 Å². The Morgan fingerprint density at radius 3 is 2.03 bits per heavy atom. The Kier molecular flexibility index (Phi) is 9.43. The van der Waals surface area contributed by atoms with Gasteiger partial charge in [-0.05, 0) is 69.9 Å². The Balaban J connectivity index is 0.000000468. The second-order valence-electron chi connectivity index (χ2n) is 6.07. The van der Waals surface area contributed by atoms with Gasteiger partial charge < -0.3 is 9.84 Å².